The lowest BCUT2D eigenvalue weighted by Gasteiger charge is -2.52. The highest BCUT2D eigenvalue weighted by Crippen LogP contribution is 2.37. The van der Waals surface area contributed by atoms with E-state index in [2.05, 4.69) is 9.97 Å². The van der Waals surface area contributed by atoms with Gasteiger partial charge in [-0.2, -0.15) is 0 Å². The number of carbonyl (C=O) groups is 1. The van der Waals surface area contributed by atoms with E-state index < -0.39 is 0 Å². The Labute approximate surface area is 150 Å². The van der Waals surface area contributed by atoms with Gasteiger partial charge in [-0.15, -0.1) is 11.3 Å². The molecular formula is C18H21N3O3S. The molecule has 4 heterocycles. The summed E-state index contributed by atoms with van der Waals surface area (Å²) < 4.78 is 11.9. The van der Waals surface area contributed by atoms with Gasteiger partial charge in [0, 0.05) is 30.1 Å². The summed E-state index contributed by atoms with van der Waals surface area (Å²) >= 11 is 1.56. The highest BCUT2D eigenvalue weighted by Gasteiger charge is 2.50. The van der Waals surface area contributed by atoms with Gasteiger partial charge in [0.15, 0.2) is 0 Å². The van der Waals surface area contributed by atoms with Crippen LogP contribution in [0, 0.1) is 13.8 Å². The zero-order valence-corrected chi connectivity index (χ0v) is 15.2. The van der Waals surface area contributed by atoms with E-state index in [1.54, 1.807) is 29.8 Å². The van der Waals surface area contributed by atoms with E-state index in [0.717, 1.165) is 17.7 Å². The van der Waals surface area contributed by atoms with Crippen LogP contribution in [-0.4, -0.2) is 52.2 Å². The molecule has 2 aliphatic heterocycles. The van der Waals surface area contributed by atoms with Crippen LogP contribution in [-0.2, 0) is 4.74 Å². The van der Waals surface area contributed by atoms with Crippen molar-refractivity contribution in [3.63, 3.8) is 0 Å². The molecule has 6 nitrogen and oxygen atoms in total. The molecule has 1 amide bonds. The number of amides is 1. The number of rotatable bonds is 3. The molecule has 2 saturated heterocycles. The summed E-state index contributed by atoms with van der Waals surface area (Å²) in [5.74, 6) is 0.102. The number of nitrogens with zero attached hydrogens (tertiary/aromatic N) is 3. The number of thiophene rings is 1. The highest BCUT2D eigenvalue weighted by molar-refractivity contribution is 7.14. The molecule has 0 N–H and O–H groups in total. The number of aromatic nitrogens is 2. The molecule has 0 unspecified atom stereocenters. The molecule has 0 aliphatic carbocycles. The molecule has 0 radical (unpaired) electrons. The Bertz CT molecular complexity index is 752. The van der Waals surface area contributed by atoms with Gasteiger partial charge in [-0.1, -0.05) is 0 Å². The first-order chi connectivity index (χ1) is 12.0. The Balaban J connectivity index is 1.37. The third kappa shape index (κ3) is 3.26. The van der Waals surface area contributed by atoms with E-state index in [4.69, 9.17) is 9.47 Å². The van der Waals surface area contributed by atoms with Crippen LogP contribution in [0.15, 0.2) is 24.5 Å². The molecule has 2 aliphatic rings. The summed E-state index contributed by atoms with van der Waals surface area (Å²) in [6.07, 6.45) is 4.95. The molecule has 25 heavy (non-hydrogen) atoms. The minimum atomic E-state index is -0.283. The van der Waals surface area contributed by atoms with Gasteiger partial charge in [-0.3, -0.25) is 4.79 Å². The van der Waals surface area contributed by atoms with Crippen LogP contribution in [0.25, 0.3) is 0 Å². The molecule has 2 fully saturated rings. The molecular weight excluding hydrogens is 338 g/mol. The third-order valence-corrected chi connectivity index (χ3v) is 6.02. The van der Waals surface area contributed by atoms with Crippen LogP contribution >= 0.6 is 11.3 Å². The highest BCUT2D eigenvalue weighted by atomic mass is 32.1. The average molecular weight is 359 g/mol. The predicted molar refractivity (Wildman–Crippen MR) is 94.1 cm³/mol. The Morgan fingerprint density at radius 1 is 1.36 bits per heavy atom. The van der Waals surface area contributed by atoms with Gasteiger partial charge >= 0.3 is 6.01 Å². The first-order valence-corrected chi connectivity index (χ1v) is 9.30. The topological polar surface area (TPSA) is 64.6 Å². The lowest BCUT2D eigenvalue weighted by atomic mass is 9.84. The van der Waals surface area contributed by atoms with Crippen LogP contribution < -0.4 is 4.74 Å². The average Bonchev–Trinajstić information content (AvgIpc) is 2.92. The van der Waals surface area contributed by atoms with E-state index in [9.17, 15) is 4.79 Å². The fourth-order valence-electron chi connectivity index (χ4n) is 3.43. The van der Waals surface area contributed by atoms with Crippen molar-refractivity contribution < 1.29 is 14.3 Å². The van der Waals surface area contributed by atoms with Gasteiger partial charge < -0.3 is 14.4 Å². The van der Waals surface area contributed by atoms with Crippen LogP contribution in [0.2, 0.25) is 0 Å². The SMILES string of the molecule is Cc1cc(C(=O)N2CC3(C[C@H](Oc4ncccn4)CCO3)C2)sc1C. The second-order valence-corrected chi connectivity index (χ2v) is 8.06. The monoisotopic (exact) mass is 359 g/mol. The van der Waals surface area contributed by atoms with E-state index in [-0.39, 0.29) is 17.6 Å². The second-order valence-electron chi connectivity index (χ2n) is 6.81. The minimum absolute atomic E-state index is 0.0274. The van der Waals surface area contributed by atoms with E-state index in [0.29, 0.717) is 25.7 Å². The Morgan fingerprint density at radius 2 is 2.12 bits per heavy atom. The maximum Gasteiger partial charge on any atom is 0.316 e. The summed E-state index contributed by atoms with van der Waals surface area (Å²) in [5, 5.41) is 0. The Hall–Kier alpha value is -1.99. The smallest absolute Gasteiger partial charge is 0.316 e. The number of aryl methyl sites for hydroxylation is 2. The second kappa shape index (κ2) is 6.38. The van der Waals surface area contributed by atoms with Crippen molar-refractivity contribution in [3.8, 4) is 6.01 Å². The lowest BCUT2D eigenvalue weighted by Crippen LogP contribution is -2.67. The standard InChI is InChI=1S/C18H21N3O3S/c1-12-8-15(25-13(12)2)16(22)21-10-18(11-21)9-14(4-7-23-18)24-17-19-5-3-6-20-17/h3,5-6,8,14H,4,7,9-11H2,1-2H3/t14-/m1/s1. The maximum atomic E-state index is 12.6. The molecule has 2 aromatic heterocycles. The van der Waals surface area contributed by atoms with Crippen LogP contribution in [0.5, 0.6) is 6.01 Å². The molecule has 1 spiro atoms. The fourth-order valence-corrected chi connectivity index (χ4v) is 4.43. The first-order valence-electron chi connectivity index (χ1n) is 8.49. The Kier molecular flexibility index (Phi) is 4.21. The van der Waals surface area contributed by atoms with Crippen molar-refractivity contribution in [2.24, 2.45) is 0 Å². The summed E-state index contributed by atoms with van der Waals surface area (Å²) in [4.78, 5) is 24.7. The third-order valence-electron chi connectivity index (χ3n) is 4.88. The minimum Gasteiger partial charge on any atom is -0.460 e. The molecule has 1 atom stereocenters. The van der Waals surface area contributed by atoms with Crippen LogP contribution in [0.1, 0.15) is 33.0 Å². The van der Waals surface area contributed by atoms with Gasteiger partial charge in [-0.05, 0) is 31.5 Å². The molecule has 4 rings (SSSR count). The van der Waals surface area contributed by atoms with E-state index in [1.807, 2.05) is 24.8 Å². The van der Waals surface area contributed by atoms with Crippen molar-refractivity contribution in [2.45, 2.75) is 38.4 Å². The van der Waals surface area contributed by atoms with Crippen LogP contribution in [0.4, 0.5) is 0 Å². The largest absolute Gasteiger partial charge is 0.460 e. The van der Waals surface area contributed by atoms with Crippen molar-refractivity contribution in [3.05, 3.63) is 39.8 Å². The van der Waals surface area contributed by atoms with Crippen LogP contribution in [0.3, 0.4) is 0 Å². The summed E-state index contributed by atoms with van der Waals surface area (Å²) in [6, 6.07) is 4.15. The molecule has 0 aromatic carbocycles. The quantitative estimate of drug-likeness (QED) is 0.843. The van der Waals surface area contributed by atoms with E-state index in [1.165, 1.54) is 10.4 Å². The summed E-state index contributed by atoms with van der Waals surface area (Å²) in [5.41, 5.74) is 0.892. The number of hydrogen-bond donors (Lipinski definition) is 0. The molecule has 132 valence electrons. The lowest BCUT2D eigenvalue weighted by molar-refractivity contribution is -0.174. The number of likely N-dealkylation sites (tertiary alicyclic amines) is 1. The maximum absolute atomic E-state index is 12.6. The number of ether oxygens (including phenoxy) is 2. The van der Waals surface area contributed by atoms with Crippen molar-refractivity contribution in [1.82, 2.24) is 14.9 Å². The normalized spacial score (nSPS) is 21.8. The fraction of sp³-hybridized carbons (Fsp3) is 0.500. The first kappa shape index (κ1) is 16.5. The van der Waals surface area contributed by atoms with E-state index >= 15 is 0 Å². The van der Waals surface area contributed by atoms with Gasteiger partial charge in [0.05, 0.1) is 24.6 Å². The Morgan fingerprint density at radius 3 is 2.80 bits per heavy atom. The van der Waals surface area contributed by atoms with Crippen molar-refractivity contribution >= 4 is 17.2 Å². The molecule has 2 aromatic rings. The van der Waals surface area contributed by atoms with Crippen molar-refractivity contribution in [1.29, 1.82) is 0 Å². The molecule has 0 bridgehead atoms. The summed E-state index contributed by atoms with van der Waals surface area (Å²) in [7, 11) is 0. The predicted octanol–water partition coefficient (Wildman–Crippen LogP) is 2.61. The zero-order valence-electron chi connectivity index (χ0n) is 14.4. The molecule has 7 heteroatoms. The molecule has 0 saturated carbocycles. The zero-order chi connectivity index (χ0) is 17.4. The van der Waals surface area contributed by atoms with Gasteiger partial charge in [-0.25, -0.2) is 9.97 Å². The number of carbonyl (C=O) groups excluding carboxylic acids is 1. The van der Waals surface area contributed by atoms with Crippen molar-refractivity contribution in [2.75, 3.05) is 19.7 Å². The summed E-state index contributed by atoms with van der Waals surface area (Å²) in [6.45, 7) is 5.97. The van der Waals surface area contributed by atoms with Gasteiger partial charge in [0.2, 0.25) is 0 Å². The van der Waals surface area contributed by atoms with Gasteiger partial charge in [0.1, 0.15) is 11.7 Å². The number of hydrogen-bond acceptors (Lipinski definition) is 6. The van der Waals surface area contributed by atoms with Gasteiger partial charge in [0.25, 0.3) is 5.91 Å².